The van der Waals surface area contributed by atoms with E-state index in [1.165, 1.54) is 167 Å². The molecule has 0 bridgehead atoms. The minimum absolute atomic E-state index is 0.0799. The van der Waals surface area contributed by atoms with Gasteiger partial charge in [-0.2, -0.15) is 0 Å². The number of rotatable bonds is 50. The van der Waals surface area contributed by atoms with Crippen LogP contribution in [0.5, 0.6) is 0 Å². The van der Waals surface area contributed by atoms with Crippen molar-refractivity contribution in [2.45, 2.75) is 284 Å². The number of unbranched alkanes of at least 4 members (excludes halogenated alkanes) is 31. The van der Waals surface area contributed by atoms with Crippen LogP contribution in [0.4, 0.5) is 0 Å². The van der Waals surface area contributed by atoms with Gasteiger partial charge in [0.1, 0.15) is 6.61 Å². The van der Waals surface area contributed by atoms with Crippen LogP contribution in [0, 0.1) is 0 Å². The third-order valence-corrected chi connectivity index (χ3v) is 11.8. The molecule has 5 heteroatoms. The lowest BCUT2D eigenvalue weighted by molar-refractivity contribution is -0.163. The van der Waals surface area contributed by atoms with E-state index in [1.807, 2.05) is 0 Å². The normalized spacial score (nSPS) is 12.5. The molecule has 0 saturated heterocycles. The highest BCUT2D eigenvalue weighted by molar-refractivity contribution is 5.70. The van der Waals surface area contributed by atoms with Crippen molar-refractivity contribution in [2.75, 3.05) is 19.8 Å². The Morgan fingerprint density at radius 3 is 1.23 bits per heavy atom. The predicted molar refractivity (Wildman–Crippen MR) is 270 cm³/mol. The average Bonchev–Trinajstić information content (AvgIpc) is 3.27. The van der Waals surface area contributed by atoms with E-state index in [1.54, 1.807) is 0 Å². The molecule has 0 aromatic heterocycles. The van der Waals surface area contributed by atoms with Crippen LogP contribution in [-0.4, -0.2) is 37.9 Å². The van der Waals surface area contributed by atoms with Crippen molar-refractivity contribution in [3.63, 3.8) is 0 Å². The van der Waals surface area contributed by atoms with E-state index in [4.69, 9.17) is 14.2 Å². The second-order valence-electron chi connectivity index (χ2n) is 18.1. The van der Waals surface area contributed by atoms with Crippen molar-refractivity contribution < 1.29 is 23.8 Å². The van der Waals surface area contributed by atoms with Gasteiger partial charge in [0.25, 0.3) is 0 Å². The second-order valence-corrected chi connectivity index (χ2v) is 18.1. The van der Waals surface area contributed by atoms with E-state index >= 15 is 0 Å². The number of carbonyl (C=O) groups is 2. The van der Waals surface area contributed by atoms with Gasteiger partial charge in [-0.1, -0.05) is 243 Å². The first-order valence-electron chi connectivity index (χ1n) is 27.2. The van der Waals surface area contributed by atoms with Gasteiger partial charge in [-0.15, -0.1) is 0 Å². The van der Waals surface area contributed by atoms with Crippen molar-refractivity contribution in [1.29, 1.82) is 0 Å². The first-order chi connectivity index (χ1) is 30.6. The zero-order valence-corrected chi connectivity index (χ0v) is 41.6. The average molecular weight is 869 g/mol. The minimum Gasteiger partial charge on any atom is -0.462 e. The molecule has 1 unspecified atom stereocenters. The van der Waals surface area contributed by atoms with Crippen LogP contribution in [0.1, 0.15) is 278 Å². The first kappa shape index (κ1) is 59.9. The molecule has 0 heterocycles. The summed E-state index contributed by atoms with van der Waals surface area (Å²) in [5.41, 5.74) is 0. The molecule has 0 rings (SSSR count). The van der Waals surface area contributed by atoms with Crippen LogP contribution in [-0.2, 0) is 23.8 Å². The minimum atomic E-state index is -0.544. The Balaban J connectivity index is 4.19. The molecule has 0 aromatic rings. The molecule has 0 radical (unpaired) electrons. The fourth-order valence-electron chi connectivity index (χ4n) is 7.80. The van der Waals surface area contributed by atoms with E-state index in [0.717, 1.165) is 77.0 Å². The molecule has 0 aromatic carbocycles. The molecule has 0 saturated carbocycles. The lowest BCUT2D eigenvalue weighted by Crippen LogP contribution is -2.30. The summed E-state index contributed by atoms with van der Waals surface area (Å²) >= 11 is 0. The highest BCUT2D eigenvalue weighted by atomic mass is 16.6. The van der Waals surface area contributed by atoms with Crippen molar-refractivity contribution in [2.24, 2.45) is 0 Å². The summed E-state index contributed by atoms with van der Waals surface area (Å²) in [5.74, 6) is -0.403. The summed E-state index contributed by atoms with van der Waals surface area (Å²) in [4.78, 5) is 25.4. The topological polar surface area (TPSA) is 61.8 Å². The maximum absolute atomic E-state index is 12.8. The number of hydrogen-bond acceptors (Lipinski definition) is 5. The fourth-order valence-corrected chi connectivity index (χ4v) is 7.80. The van der Waals surface area contributed by atoms with Gasteiger partial charge >= 0.3 is 11.9 Å². The Morgan fingerprint density at radius 2 is 0.742 bits per heavy atom. The lowest BCUT2D eigenvalue weighted by atomic mass is 10.0. The Morgan fingerprint density at radius 1 is 0.371 bits per heavy atom. The molecule has 1 atom stereocenters. The molecule has 0 aliphatic rings. The molecular weight excluding hydrogens is 765 g/mol. The fraction of sp³-hybridized carbons (Fsp3) is 0.825. The van der Waals surface area contributed by atoms with Gasteiger partial charge in [0.05, 0.1) is 6.61 Å². The quantitative estimate of drug-likeness (QED) is 0.0346. The summed E-state index contributed by atoms with van der Waals surface area (Å²) in [6, 6.07) is 0. The highest BCUT2D eigenvalue weighted by Crippen LogP contribution is 2.16. The summed E-state index contributed by atoms with van der Waals surface area (Å²) < 4.78 is 17.4. The molecule has 0 fully saturated rings. The Labute approximate surface area is 386 Å². The van der Waals surface area contributed by atoms with Gasteiger partial charge < -0.3 is 14.2 Å². The molecule has 5 nitrogen and oxygen atoms in total. The first-order valence-corrected chi connectivity index (χ1v) is 27.2. The highest BCUT2D eigenvalue weighted by Gasteiger charge is 2.17. The van der Waals surface area contributed by atoms with Gasteiger partial charge in [0, 0.05) is 19.4 Å². The summed E-state index contributed by atoms with van der Waals surface area (Å²) in [5, 5.41) is 0. The van der Waals surface area contributed by atoms with Crippen LogP contribution in [0.3, 0.4) is 0 Å². The van der Waals surface area contributed by atoms with Crippen LogP contribution in [0.2, 0.25) is 0 Å². The monoisotopic (exact) mass is 869 g/mol. The standard InChI is InChI=1S/C57H104O5/c1-4-7-10-13-16-19-22-24-26-28-29-30-31-33-36-38-41-44-47-50-56(58)61-54-55(62-57(59)51-48-45-42-39-35-21-18-15-12-9-6-3)53-60-52-49-46-43-40-37-34-32-27-25-23-20-17-14-11-8-5-2/h8,11,15,17-18,20,25,27,55H,4-7,9-10,12-14,16,19,21-24,26,28-54H2,1-3H3/b11-8-,18-15-,20-17-,27-25-. The zero-order chi connectivity index (χ0) is 44.9. The van der Waals surface area contributed by atoms with E-state index < -0.39 is 6.10 Å². The van der Waals surface area contributed by atoms with Crippen molar-refractivity contribution in [1.82, 2.24) is 0 Å². The molecule has 0 aliphatic heterocycles. The van der Waals surface area contributed by atoms with Crippen LogP contribution in [0.25, 0.3) is 0 Å². The smallest absolute Gasteiger partial charge is 0.306 e. The number of ether oxygens (including phenoxy) is 3. The lowest BCUT2D eigenvalue weighted by Gasteiger charge is -2.18. The second kappa shape index (κ2) is 53.2. The summed E-state index contributed by atoms with van der Waals surface area (Å²) in [6.45, 7) is 7.69. The SMILES string of the molecule is CC/C=C\C/C=C\C/C=C\CCCCCCCCOCC(COC(=O)CCCCCCCCCCCCCCCCCCCCC)OC(=O)CCCCCCC/C=C\CCCC. The van der Waals surface area contributed by atoms with E-state index in [0.29, 0.717) is 19.4 Å². The Kier molecular flexibility index (Phi) is 51.4. The molecule has 0 aliphatic carbocycles. The van der Waals surface area contributed by atoms with Gasteiger partial charge in [-0.3, -0.25) is 9.59 Å². The number of esters is 2. The van der Waals surface area contributed by atoms with E-state index in [2.05, 4.69) is 69.4 Å². The van der Waals surface area contributed by atoms with Gasteiger partial charge in [-0.05, 0) is 70.6 Å². The molecule has 0 spiro atoms. The number of carbonyl (C=O) groups excluding carboxylic acids is 2. The van der Waals surface area contributed by atoms with Crippen molar-refractivity contribution in [3.05, 3.63) is 48.6 Å². The van der Waals surface area contributed by atoms with E-state index in [-0.39, 0.29) is 25.2 Å². The molecule has 62 heavy (non-hydrogen) atoms. The van der Waals surface area contributed by atoms with Crippen LogP contribution in [0.15, 0.2) is 48.6 Å². The van der Waals surface area contributed by atoms with Crippen molar-refractivity contribution in [3.8, 4) is 0 Å². The number of hydrogen-bond donors (Lipinski definition) is 0. The Bertz CT molecular complexity index is 1030. The van der Waals surface area contributed by atoms with E-state index in [9.17, 15) is 9.59 Å². The maximum atomic E-state index is 12.8. The maximum Gasteiger partial charge on any atom is 0.306 e. The van der Waals surface area contributed by atoms with Crippen LogP contribution >= 0.6 is 0 Å². The summed E-state index contributed by atoms with van der Waals surface area (Å²) in [7, 11) is 0. The molecule has 0 amide bonds. The number of allylic oxidation sites excluding steroid dienone is 8. The van der Waals surface area contributed by atoms with Gasteiger partial charge in [-0.25, -0.2) is 0 Å². The third kappa shape index (κ3) is 50.5. The molecule has 362 valence electrons. The van der Waals surface area contributed by atoms with Gasteiger partial charge in [0.15, 0.2) is 6.10 Å². The molecular formula is C57H104O5. The van der Waals surface area contributed by atoms with Gasteiger partial charge in [0.2, 0.25) is 0 Å². The summed E-state index contributed by atoms with van der Waals surface area (Å²) in [6.07, 6.45) is 65.6. The Hall–Kier alpha value is -2.14. The van der Waals surface area contributed by atoms with Crippen LogP contribution < -0.4 is 0 Å². The predicted octanol–water partition coefficient (Wildman–Crippen LogP) is 18.3. The third-order valence-electron chi connectivity index (χ3n) is 11.8. The zero-order valence-electron chi connectivity index (χ0n) is 41.6. The van der Waals surface area contributed by atoms with Crippen molar-refractivity contribution >= 4 is 11.9 Å². The molecule has 0 N–H and O–H groups in total. The largest absolute Gasteiger partial charge is 0.462 e.